The lowest BCUT2D eigenvalue weighted by Gasteiger charge is -2.14. The Balaban J connectivity index is 2.39. The van der Waals surface area contributed by atoms with Gasteiger partial charge < -0.3 is 15.2 Å². The number of rotatable bonds is 6. The van der Waals surface area contributed by atoms with Crippen LogP contribution in [0.2, 0.25) is 0 Å². The Labute approximate surface area is 115 Å². The second-order valence-electron chi connectivity index (χ2n) is 4.26. The number of nitrogens with two attached hydrogens (primary N) is 1. The predicted molar refractivity (Wildman–Crippen MR) is 72.3 cm³/mol. The third-order valence-electron chi connectivity index (χ3n) is 2.72. The summed E-state index contributed by atoms with van der Waals surface area (Å²) in [6, 6.07) is 3.56. The van der Waals surface area contributed by atoms with Gasteiger partial charge in [-0.05, 0) is 31.5 Å². The van der Waals surface area contributed by atoms with Crippen LogP contribution in [-0.2, 0) is 0 Å². The molecule has 1 aliphatic rings. The van der Waals surface area contributed by atoms with Gasteiger partial charge in [0.05, 0.1) is 18.8 Å². The van der Waals surface area contributed by atoms with Crippen LogP contribution in [0.3, 0.4) is 0 Å². The predicted octanol–water partition coefficient (Wildman–Crippen LogP) is 2.53. The van der Waals surface area contributed by atoms with Crippen LogP contribution in [0.5, 0.6) is 11.5 Å². The molecule has 0 aliphatic heterocycles. The molecule has 1 fully saturated rings. The van der Waals surface area contributed by atoms with Crippen molar-refractivity contribution in [2.45, 2.75) is 25.4 Å². The number of halogens is 1. The number of hydrogen-bond acceptors (Lipinski definition) is 4. The zero-order valence-electron chi connectivity index (χ0n) is 10.2. The highest BCUT2D eigenvalue weighted by atomic mass is 79.9. The third kappa shape index (κ3) is 3.03. The molecule has 0 atom stereocenters. The number of ether oxygens (including phenoxy) is 2. The summed E-state index contributed by atoms with van der Waals surface area (Å²) >= 11 is 3.37. The Hall–Kier alpha value is -1.07. The van der Waals surface area contributed by atoms with Gasteiger partial charge in [-0.25, -0.2) is 0 Å². The number of methoxy groups -OCH3 is 1. The molecule has 0 aromatic heterocycles. The quantitative estimate of drug-likeness (QED) is 0.820. The van der Waals surface area contributed by atoms with Gasteiger partial charge in [0.15, 0.2) is 17.3 Å². The van der Waals surface area contributed by atoms with Gasteiger partial charge in [0, 0.05) is 10.9 Å². The Morgan fingerprint density at radius 2 is 2.22 bits per heavy atom. The van der Waals surface area contributed by atoms with Crippen molar-refractivity contribution < 1.29 is 14.3 Å². The van der Waals surface area contributed by atoms with Crippen LogP contribution in [0.4, 0.5) is 0 Å². The molecule has 2 rings (SSSR count). The van der Waals surface area contributed by atoms with Crippen LogP contribution < -0.4 is 15.2 Å². The van der Waals surface area contributed by atoms with Crippen molar-refractivity contribution in [1.82, 2.24) is 0 Å². The molecule has 2 N–H and O–H groups in total. The number of carbonyl (C=O) groups excluding carboxylic acids is 1. The summed E-state index contributed by atoms with van der Waals surface area (Å²) in [5, 5.41) is 0. The smallest absolute Gasteiger partial charge is 0.172 e. The molecule has 98 valence electrons. The maximum Gasteiger partial charge on any atom is 0.172 e. The number of Topliss-reactive ketones (excluding diaryl/α,β-unsaturated/α-hetero) is 1. The zero-order chi connectivity index (χ0) is 13.1. The molecular weight excluding hydrogens is 298 g/mol. The second kappa shape index (κ2) is 5.71. The van der Waals surface area contributed by atoms with E-state index in [1.54, 1.807) is 19.2 Å². The molecule has 0 spiro atoms. The maximum atomic E-state index is 12.1. The van der Waals surface area contributed by atoms with E-state index in [0.717, 1.165) is 17.3 Å². The van der Waals surface area contributed by atoms with Crippen molar-refractivity contribution in [3.63, 3.8) is 0 Å². The Kier molecular flexibility index (Phi) is 4.24. The number of benzene rings is 1. The first-order valence-electron chi connectivity index (χ1n) is 5.93. The van der Waals surface area contributed by atoms with Crippen LogP contribution in [0.25, 0.3) is 0 Å². The molecule has 0 saturated heterocycles. The molecule has 1 aliphatic carbocycles. The summed E-state index contributed by atoms with van der Waals surface area (Å²) in [6.07, 6.45) is 2.58. The standard InChI is InChI=1S/C13H16BrNO3/c1-17-12-7-8(14)6-10(11(16)4-5-15)13(12)18-9-2-3-9/h6-7,9H,2-5,15H2,1H3. The van der Waals surface area contributed by atoms with Gasteiger partial charge in [-0.15, -0.1) is 0 Å². The molecule has 0 radical (unpaired) electrons. The summed E-state index contributed by atoms with van der Waals surface area (Å²) < 4.78 is 11.9. The highest BCUT2D eigenvalue weighted by Crippen LogP contribution is 2.39. The summed E-state index contributed by atoms with van der Waals surface area (Å²) in [7, 11) is 1.57. The van der Waals surface area contributed by atoms with Gasteiger partial charge in [-0.2, -0.15) is 0 Å². The molecule has 0 bridgehead atoms. The fourth-order valence-electron chi connectivity index (χ4n) is 1.67. The lowest BCUT2D eigenvalue weighted by Crippen LogP contribution is -2.11. The monoisotopic (exact) mass is 313 g/mol. The highest BCUT2D eigenvalue weighted by molar-refractivity contribution is 9.10. The van der Waals surface area contributed by atoms with Crippen molar-refractivity contribution in [2.75, 3.05) is 13.7 Å². The maximum absolute atomic E-state index is 12.1. The Bertz CT molecular complexity index is 458. The van der Waals surface area contributed by atoms with Gasteiger partial charge >= 0.3 is 0 Å². The normalized spacial score (nSPS) is 14.4. The molecule has 18 heavy (non-hydrogen) atoms. The highest BCUT2D eigenvalue weighted by Gasteiger charge is 2.28. The fraction of sp³-hybridized carbons (Fsp3) is 0.462. The van der Waals surface area contributed by atoms with Gasteiger partial charge in [-0.3, -0.25) is 4.79 Å². The minimum Gasteiger partial charge on any atom is -0.493 e. The van der Waals surface area contributed by atoms with Crippen LogP contribution >= 0.6 is 15.9 Å². The molecule has 0 amide bonds. The van der Waals surface area contributed by atoms with Gasteiger partial charge in [0.1, 0.15) is 0 Å². The van der Waals surface area contributed by atoms with E-state index in [1.807, 2.05) is 0 Å². The van der Waals surface area contributed by atoms with Crippen molar-refractivity contribution in [1.29, 1.82) is 0 Å². The van der Waals surface area contributed by atoms with Crippen LogP contribution in [0, 0.1) is 0 Å². The minimum atomic E-state index is -0.0206. The second-order valence-corrected chi connectivity index (χ2v) is 5.18. The van der Waals surface area contributed by atoms with E-state index in [9.17, 15) is 4.79 Å². The van der Waals surface area contributed by atoms with E-state index in [1.165, 1.54) is 0 Å². The van der Waals surface area contributed by atoms with Gasteiger partial charge in [0.2, 0.25) is 0 Å². The Morgan fingerprint density at radius 1 is 1.50 bits per heavy atom. The van der Waals surface area contributed by atoms with Crippen molar-refractivity contribution in [3.05, 3.63) is 22.2 Å². The molecule has 5 heteroatoms. The molecule has 1 aromatic carbocycles. The summed E-state index contributed by atoms with van der Waals surface area (Å²) in [5.74, 6) is 1.10. The lowest BCUT2D eigenvalue weighted by molar-refractivity contribution is 0.0980. The van der Waals surface area contributed by atoms with Crippen LogP contribution in [0.1, 0.15) is 29.6 Å². The minimum absolute atomic E-state index is 0.0206. The van der Waals surface area contributed by atoms with E-state index in [2.05, 4.69) is 15.9 Å². The van der Waals surface area contributed by atoms with Crippen LogP contribution in [0.15, 0.2) is 16.6 Å². The topological polar surface area (TPSA) is 61.5 Å². The van der Waals surface area contributed by atoms with Gasteiger partial charge in [-0.1, -0.05) is 15.9 Å². The first-order chi connectivity index (χ1) is 8.65. The molecule has 1 saturated carbocycles. The van der Waals surface area contributed by atoms with Crippen molar-refractivity contribution >= 4 is 21.7 Å². The lowest BCUT2D eigenvalue weighted by atomic mass is 10.1. The summed E-state index contributed by atoms with van der Waals surface area (Å²) in [5.41, 5.74) is 5.97. The van der Waals surface area contributed by atoms with Crippen LogP contribution in [-0.4, -0.2) is 25.5 Å². The number of hydrogen-bond donors (Lipinski definition) is 1. The SMILES string of the molecule is COc1cc(Br)cc(C(=O)CCN)c1OC1CC1. The summed E-state index contributed by atoms with van der Waals surface area (Å²) in [6.45, 7) is 0.330. The van der Waals surface area contributed by atoms with E-state index >= 15 is 0 Å². The average Bonchev–Trinajstić information content (AvgIpc) is 3.15. The zero-order valence-corrected chi connectivity index (χ0v) is 11.8. The molecule has 0 unspecified atom stereocenters. The molecular formula is C13H16BrNO3. The Morgan fingerprint density at radius 3 is 2.78 bits per heavy atom. The van der Waals surface area contributed by atoms with E-state index in [-0.39, 0.29) is 11.9 Å². The van der Waals surface area contributed by atoms with Crippen molar-refractivity contribution in [3.8, 4) is 11.5 Å². The largest absolute Gasteiger partial charge is 0.493 e. The third-order valence-corrected chi connectivity index (χ3v) is 3.18. The summed E-state index contributed by atoms with van der Waals surface area (Å²) in [4.78, 5) is 12.1. The number of ketones is 1. The van der Waals surface area contributed by atoms with E-state index in [4.69, 9.17) is 15.2 Å². The van der Waals surface area contributed by atoms with Gasteiger partial charge in [0.25, 0.3) is 0 Å². The number of carbonyl (C=O) groups is 1. The van der Waals surface area contributed by atoms with E-state index in [0.29, 0.717) is 30.0 Å². The molecule has 1 aromatic rings. The molecule has 0 heterocycles. The average molecular weight is 314 g/mol. The first kappa shape index (κ1) is 13.4. The molecule has 4 nitrogen and oxygen atoms in total. The fourth-order valence-corrected chi connectivity index (χ4v) is 2.10. The van der Waals surface area contributed by atoms with E-state index < -0.39 is 0 Å². The van der Waals surface area contributed by atoms with Crippen molar-refractivity contribution in [2.24, 2.45) is 5.73 Å². The first-order valence-corrected chi connectivity index (χ1v) is 6.72.